The van der Waals surface area contributed by atoms with Crippen LogP contribution in [0.4, 0.5) is 10.1 Å². The minimum absolute atomic E-state index is 0.0853. The summed E-state index contributed by atoms with van der Waals surface area (Å²) in [6, 6.07) is 8.23. The van der Waals surface area contributed by atoms with Crippen LogP contribution in [0.1, 0.15) is 10.4 Å². The van der Waals surface area contributed by atoms with E-state index < -0.39 is 27.9 Å². The molecule has 9 heteroatoms. The predicted octanol–water partition coefficient (Wildman–Crippen LogP) is 2.71. The van der Waals surface area contributed by atoms with Gasteiger partial charge in [-0.1, -0.05) is 23.7 Å². The molecule has 2 aromatic heterocycles. The van der Waals surface area contributed by atoms with Gasteiger partial charge in [-0.2, -0.15) is 0 Å². The molecule has 3 heterocycles. The Morgan fingerprint density at radius 2 is 1.89 bits per heavy atom. The van der Waals surface area contributed by atoms with Gasteiger partial charge in [-0.15, -0.1) is 0 Å². The topological polar surface area (TPSA) is 84.7 Å². The van der Waals surface area contributed by atoms with Crippen LogP contribution in [0.5, 0.6) is 0 Å². The van der Waals surface area contributed by atoms with E-state index in [0.29, 0.717) is 32.0 Å². The quantitative estimate of drug-likeness (QED) is 0.677. The van der Waals surface area contributed by atoms with Crippen LogP contribution in [0.3, 0.4) is 0 Å². The molecule has 1 saturated heterocycles. The number of carboxylic acid groups (broad SMARTS) is 1. The largest absolute Gasteiger partial charge is 0.477 e. The number of aromatic carboxylic acids is 1. The van der Waals surface area contributed by atoms with E-state index in [4.69, 9.17) is 16.3 Å². The fraction of sp³-hybridized carbons (Fsp3) is 0.211. The molecular weight excluding hydrogens is 389 g/mol. The Bertz CT molecular complexity index is 1140. The molecule has 4 rings (SSSR count). The first-order chi connectivity index (χ1) is 13.5. The molecule has 0 bridgehead atoms. The van der Waals surface area contributed by atoms with E-state index in [-0.39, 0.29) is 11.0 Å². The fourth-order valence-electron chi connectivity index (χ4n) is 3.28. The number of anilines is 1. The van der Waals surface area contributed by atoms with Crippen LogP contribution in [0.15, 0.2) is 41.3 Å². The Balaban J connectivity index is 2.04. The number of carboxylic acids is 1. The number of rotatable bonds is 3. The summed E-state index contributed by atoms with van der Waals surface area (Å²) in [5.41, 5.74) is 0.210. The number of morpholine rings is 1. The summed E-state index contributed by atoms with van der Waals surface area (Å²) in [7, 11) is 0. The lowest BCUT2D eigenvalue weighted by Gasteiger charge is -2.31. The molecule has 1 aliphatic rings. The molecule has 3 aromatic rings. The van der Waals surface area contributed by atoms with E-state index in [2.05, 4.69) is 9.88 Å². The van der Waals surface area contributed by atoms with E-state index in [1.807, 2.05) is 12.1 Å². The summed E-state index contributed by atoms with van der Waals surface area (Å²) >= 11 is 5.85. The van der Waals surface area contributed by atoms with Crippen molar-refractivity contribution in [3.8, 4) is 5.69 Å². The molecule has 1 N–H and O–H groups in total. The Labute approximate surface area is 163 Å². The number of nitrogens with zero attached hydrogens (tertiary/aromatic N) is 3. The molecule has 1 fully saturated rings. The SMILES string of the molecule is O=C(O)c1cn(-c2ccccc2N2CCOCC2)c2nc(Cl)c(F)cc2c1=O. The normalized spacial score (nSPS) is 14.4. The van der Waals surface area contributed by atoms with Gasteiger partial charge in [0.15, 0.2) is 11.0 Å². The smallest absolute Gasteiger partial charge is 0.341 e. The van der Waals surface area contributed by atoms with Crippen molar-refractivity contribution in [1.82, 2.24) is 9.55 Å². The first kappa shape index (κ1) is 18.4. The molecule has 0 aliphatic carbocycles. The van der Waals surface area contributed by atoms with Crippen LogP contribution in [0, 0.1) is 5.82 Å². The van der Waals surface area contributed by atoms with Crippen molar-refractivity contribution in [2.75, 3.05) is 31.2 Å². The highest BCUT2D eigenvalue weighted by atomic mass is 35.5. The highest BCUT2D eigenvalue weighted by Crippen LogP contribution is 2.28. The van der Waals surface area contributed by atoms with Crippen LogP contribution >= 0.6 is 11.6 Å². The van der Waals surface area contributed by atoms with Crippen molar-refractivity contribution < 1.29 is 19.0 Å². The lowest BCUT2D eigenvalue weighted by molar-refractivity contribution is 0.0695. The number of hydrogen-bond donors (Lipinski definition) is 1. The predicted molar refractivity (Wildman–Crippen MR) is 102 cm³/mol. The van der Waals surface area contributed by atoms with Crippen LogP contribution < -0.4 is 10.3 Å². The first-order valence-electron chi connectivity index (χ1n) is 8.54. The Hall–Kier alpha value is -2.97. The third kappa shape index (κ3) is 3.10. The molecule has 1 aromatic carbocycles. The number of ether oxygens (including phenoxy) is 1. The third-order valence-electron chi connectivity index (χ3n) is 4.61. The first-order valence-corrected chi connectivity index (χ1v) is 8.92. The van der Waals surface area contributed by atoms with Gasteiger partial charge in [0.1, 0.15) is 11.2 Å². The minimum atomic E-state index is -1.40. The van der Waals surface area contributed by atoms with Gasteiger partial charge in [0.2, 0.25) is 5.43 Å². The Morgan fingerprint density at radius 3 is 2.57 bits per heavy atom. The zero-order valence-corrected chi connectivity index (χ0v) is 15.3. The molecule has 0 spiro atoms. The average Bonchev–Trinajstić information content (AvgIpc) is 2.70. The van der Waals surface area contributed by atoms with E-state index in [0.717, 1.165) is 11.8 Å². The standard InChI is InChI=1S/C19H15ClFN3O4/c20-17-13(21)9-11-16(25)12(19(26)27)10-24(18(11)22-17)15-4-2-1-3-14(15)23-5-7-28-8-6-23/h1-4,9-10H,5-8H2,(H,26,27). The molecule has 0 unspecified atom stereocenters. The van der Waals surface area contributed by atoms with Crippen molar-refractivity contribution in [2.45, 2.75) is 0 Å². The number of benzene rings is 1. The van der Waals surface area contributed by atoms with Gasteiger partial charge in [0.05, 0.1) is 30.0 Å². The summed E-state index contributed by atoms with van der Waals surface area (Å²) in [5, 5.41) is 8.91. The number of fused-ring (bicyclic) bond motifs is 1. The van der Waals surface area contributed by atoms with Gasteiger partial charge >= 0.3 is 5.97 Å². The third-order valence-corrected chi connectivity index (χ3v) is 4.88. The highest BCUT2D eigenvalue weighted by molar-refractivity contribution is 6.29. The Kier molecular flexibility index (Phi) is 4.74. The second kappa shape index (κ2) is 7.21. The van der Waals surface area contributed by atoms with Gasteiger partial charge in [0, 0.05) is 19.3 Å². The average molecular weight is 404 g/mol. The monoisotopic (exact) mass is 403 g/mol. The molecule has 144 valence electrons. The summed E-state index contributed by atoms with van der Waals surface area (Å²) in [6.07, 6.45) is 1.20. The fourth-order valence-corrected chi connectivity index (χ4v) is 3.41. The number of para-hydroxylation sites is 2. The molecule has 1 aliphatic heterocycles. The molecule has 0 amide bonds. The van der Waals surface area contributed by atoms with E-state index in [1.54, 1.807) is 12.1 Å². The molecule has 0 saturated carbocycles. The van der Waals surface area contributed by atoms with Crippen molar-refractivity contribution >= 4 is 34.3 Å². The van der Waals surface area contributed by atoms with Gasteiger partial charge in [0.25, 0.3) is 0 Å². The summed E-state index contributed by atoms with van der Waals surface area (Å²) in [4.78, 5) is 30.2. The number of aromatic nitrogens is 2. The minimum Gasteiger partial charge on any atom is -0.477 e. The molecule has 0 atom stereocenters. The van der Waals surface area contributed by atoms with Gasteiger partial charge in [-0.05, 0) is 18.2 Å². The van der Waals surface area contributed by atoms with E-state index >= 15 is 0 Å². The van der Waals surface area contributed by atoms with Gasteiger partial charge in [-0.3, -0.25) is 9.36 Å². The van der Waals surface area contributed by atoms with Crippen LogP contribution in [0.25, 0.3) is 16.7 Å². The van der Waals surface area contributed by atoms with Crippen LogP contribution in [-0.2, 0) is 4.74 Å². The van der Waals surface area contributed by atoms with Crippen molar-refractivity contribution in [2.24, 2.45) is 0 Å². The molecule has 7 nitrogen and oxygen atoms in total. The van der Waals surface area contributed by atoms with Gasteiger partial charge in [-0.25, -0.2) is 14.2 Å². The maximum Gasteiger partial charge on any atom is 0.341 e. The summed E-state index contributed by atoms with van der Waals surface area (Å²) in [5.74, 6) is -2.29. The molecule has 0 radical (unpaired) electrons. The van der Waals surface area contributed by atoms with Crippen LogP contribution in [-0.4, -0.2) is 46.9 Å². The summed E-state index contributed by atoms with van der Waals surface area (Å²) < 4.78 is 20.8. The zero-order valence-electron chi connectivity index (χ0n) is 14.6. The van der Waals surface area contributed by atoms with E-state index in [9.17, 15) is 19.1 Å². The zero-order chi connectivity index (χ0) is 19.8. The van der Waals surface area contributed by atoms with E-state index in [1.165, 1.54) is 10.8 Å². The number of pyridine rings is 2. The molecule has 28 heavy (non-hydrogen) atoms. The lowest BCUT2D eigenvalue weighted by Crippen LogP contribution is -2.36. The molecular formula is C19H15ClFN3O4. The van der Waals surface area contributed by atoms with Crippen molar-refractivity contribution in [1.29, 1.82) is 0 Å². The van der Waals surface area contributed by atoms with Crippen molar-refractivity contribution in [3.05, 3.63) is 63.3 Å². The van der Waals surface area contributed by atoms with Crippen molar-refractivity contribution in [3.63, 3.8) is 0 Å². The second-order valence-corrected chi connectivity index (χ2v) is 6.63. The highest BCUT2D eigenvalue weighted by Gasteiger charge is 2.21. The lowest BCUT2D eigenvalue weighted by atomic mass is 10.1. The number of halogens is 2. The number of hydrogen-bond acceptors (Lipinski definition) is 5. The maximum atomic E-state index is 14.0. The summed E-state index contributed by atoms with van der Waals surface area (Å²) in [6.45, 7) is 2.44. The second-order valence-electron chi connectivity index (χ2n) is 6.27. The number of carbonyl (C=O) groups is 1. The van der Waals surface area contributed by atoms with Crippen LogP contribution in [0.2, 0.25) is 5.15 Å². The maximum absolute atomic E-state index is 14.0. The Morgan fingerprint density at radius 1 is 1.21 bits per heavy atom. The van der Waals surface area contributed by atoms with Gasteiger partial charge < -0.3 is 14.7 Å².